The van der Waals surface area contributed by atoms with Crippen LogP contribution in [0.5, 0.6) is 0 Å². The normalized spacial score (nSPS) is 14.4. The Bertz CT molecular complexity index is 557. The number of carbonyl (C=O) groups excluding carboxylic acids is 2. The Balaban J connectivity index is -0.00000364. The number of hydrogen-bond acceptors (Lipinski definition) is 6. The summed E-state index contributed by atoms with van der Waals surface area (Å²) in [5, 5.41) is -1.95. The summed E-state index contributed by atoms with van der Waals surface area (Å²) in [5.41, 5.74) is 0. The van der Waals surface area contributed by atoms with Gasteiger partial charge in [0, 0.05) is 0 Å². The van der Waals surface area contributed by atoms with Gasteiger partial charge in [-0.05, 0) is 24.7 Å². The fraction of sp³-hybridized carbons (Fsp3) is 0.900. The van der Waals surface area contributed by atoms with Crippen molar-refractivity contribution in [2.75, 3.05) is 13.2 Å². The van der Waals surface area contributed by atoms with E-state index in [1.54, 1.807) is 0 Å². The molecule has 0 aliphatic carbocycles. The molecule has 7 nitrogen and oxygen atoms in total. The molecule has 0 heterocycles. The van der Waals surface area contributed by atoms with Crippen LogP contribution in [0.3, 0.4) is 0 Å². The van der Waals surface area contributed by atoms with Gasteiger partial charge in [0.25, 0.3) is 10.1 Å². The Morgan fingerprint density at radius 2 is 1.34 bits per heavy atom. The summed E-state index contributed by atoms with van der Waals surface area (Å²) >= 11 is 0. The summed E-state index contributed by atoms with van der Waals surface area (Å²) < 4.78 is 42.8. The van der Waals surface area contributed by atoms with Crippen molar-refractivity contribution >= 4 is 22.1 Å². The van der Waals surface area contributed by atoms with E-state index in [1.807, 2.05) is 13.8 Å². The van der Waals surface area contributed by atoms with Crippen molar-refractivity contribution in [1.82, 2.24) is 0 Å². The molecule has 0 radical (unpaired) electrons. The van der Waals surface area contributed by atoms with Gasteiger partial charge in [0.2, 0.25) is 0 Å². The molecule has 3 unspecified atom stereocenters. The molecule has 3 atom stereocenters. The van der Waals surface area contributed by atoms with Crippen molar-refractivity contribution < 1.29 is 84.8 Å². The molecule has 1 N–H and O–H groups in total. The molecule has 0 bridgehead atoms. The van der Waals surface area contributed by atoms with E-state index in [1.165, 1.54) is 0 Å². The van der Waals surface area contributed by atoms with Crippen LogP contribution < -0.4 is 51.4 Å². The van der Waals surface area contributed by atoms with Crippen LogP contribution in [0.25, 0.3) is 0 Å². The third kappa shape index (κ3) is 15.0. The molecule has 0 amide bonds. The van der Waals surface area contributed by atoms with Crippen LogP contribution in [0.4, 0.5) is 0 Å². The van der Waals surface area contributed by atoms with E-state index >= 15 is 0 Å². The van der Waals surface area contributed by atoms with E-state index in [-0.39, 0.29) is 77.9 Å². The molecule has 0 aliphatic heterocycles. The molecule has 0 aromatic carbocycles. The van der Waals surface area contributed by atoms with Gasteiger partial charge in [-0.15, -0.1) is 0 Å². The number of ether oxygens (including phenoxy) is 2. The van der Waals surface area contributed by atoms with Crippen LogP contribution >= 0.6 is 0 Å². The van der Waals surface area contributed by atoms with E-state index in [9.17, 15) is 22.6 Å². The average molecular weight is 463 g/mol. The zero-order valence-electron chi connectivity index (χ0n) is 19.8. The maximum Gasteiger partial charge on any atom is 1.00 e. The zero-order valence-corrected chi connectivity index (χ0v) is 22.8. The van der Waals surface area contributed by atoms with E-state index < -0.39 is 33.7 Å². The van der Waals surface area contributed by atoms with Gasteiger partial charge in [0.1, 0.15) is 0 Å². The average Bonchev–Trinajstić information content (AvgIpc) is 2.65. The zero-order chi connectivity index (χ0) is 21.6. The van der Waals surface area contributed by atoms with Gasteiger partial charge in [-0.2, -0.15) is 8.42 Å². The van der Waals surface area contributed by atoms with Crippen molar-refractivity contribution in [3.63, 3.8) is 0 Å². The molecule has 9 heteroatoms. The number of esters is 2. The molecular weight excluding hydrogens is 423 g/mol. The van der Waals surface area contributed by atoms with Crippen molar-refractivity contribution in [2.45, 2.75) is 90.7 Å². The Labute approximate surface area is 220 Å². The topological polar surface area (TPSA) is 107 Å². The first-order chi connectivity index (χ1) is 13.2. The third-order valence-corrected chi connectivity index (χ3v) is 6.08. The second-order valence-corrected chi connectivity index (χ2v) is 8.95. The smallest absolute Gasteiger partial charge is 1.00 e. The van der Waals surface area contributed by atoms with Gasteiger partial charge in [-0.3, -0.25) is 14.1 Å². The minimum atomic E-state index is -4.76. The molecule has 0 spiro atoms. The summed E-state index contributed by atoms with van der Waals surface area (Å²) in [6.07, 6.45) is 6.74. The van der Waals surface area contributed by atoms with Gasteiger partial charge in [0.05, 0.1) is 19.6 Å². The minimum Gasteiger partial charge on any atom is -1.00 e. The molecule has 0 fully saturated rings. The molecule has 168 valence electrons. The third-order valence-electron chi connectivity index (χ3n) is 5.00. The van der Waals surface area contributed by atoms with Crippen LogP contribution in [0, 0.1) is 11.8 Å². The number of unbranched alkanes of at least 4 members (excludes halogenated alkanes) is 2. The van der Waals surface area contributed by atoms with Gasteiger partial charge < -0.3 is 10.9 Å². The predicted octanol–water partition coefficient (Wildman–Crippen LogP) is 1.27. The van der Waals surface area contributed by atoms with Crippen LogP contribution in [-0.4, -0.2) is 43.4 Å². The summed E-state index contributed by atoms with van der Waals surface area (Å²) in [6, 6.07) is 0. The number of carbonyl (C=O) groups is 2. The summed E-state index contributed by atoms with van der Waals surface area (Å²) in [7, 11) is -4.76. The first-order valence-corrected chi connectivity index (χ1v) is 12.0. The Kier molecular flexibility index (Phi) is 19.8. The SMILES string of the molecule is CCCCC(CC)COC(=O)CC(C(=O)OCC(CC)CCCC)S(=O)(=O)O.[H-].[K+]. The minimum absolute atomic E-state index is 0. The molecular formula is C20H39KO7S. The van der Waals surface area contributed by atoms with E-state index in [2.05, 4.69) is 13.8 Å². The quantitative estimate of drug-likeness (QED) is 0.209. The monoisotopic (exact) mass is 462 g/mol. The van der Waals surface area contributed by atoms with Crippen molar-refractivity contribution in [1.29, 1.82) is 0 Å². The van der Waals surface area contributed by atoms with Gasteiger partial charge in [-0.25, -0.2) is 0 Å². The largest absolute Gasteiger partial charge is 1.00 e. The van der Waals surface area contributed by atoms with Crippen LogP contribution in [0.1, 0.15) is 86.9 Å². The van der Waals surface area contributed by atoms with Gasteiger partial charge in [-0.1, -0.05) is 66.2 Å². The maximum atomic E-state index is 12.2. The number of hydrogen-bond donors (Lipinski definition) is 1. The van der Waals surface area contributed by atoms with E-state index in [4.69, 9.17) is 9.47 Å². The first-order valence-electron chi connectivity index (χ1n) is 10.5. The van der Waals surface area contributed by atoms with Crippen molar-refractivity contribution in [3.05, 3.63) is 0 Å². The Morgan fingerprint density at radius 3 is 1.72 bits per heavy atom. The number of rotatable bonds is 16. The predicted molar refractivity (Wildman–Crippen MR) is 110 cm³/mol. The van der Waals surface area contributed by atoms with E-state index in [0.29, 0.717) is 0 Å². The van der Waals surface area contributed by atoms with Crippen LogP contribution in [0.15, 0.2) is 0 Å². The van der Waals surface area contributed by atoms with Gasteiger partial charge in [0.15, 0.2) is 5.25 Å². The fourth-order valence-corrected chi connectivity index (χ4v) is 3.48. The van der Waals surface area contributed by atoms with Gasteiger partial charge >= 0.3 is 63.3 Å². The fourth-order valence-electron chi connectivity index (χ4n) is 2.82. The molecule has 0 aromatic heterocycles. The molecule has 0 saturated carbocycles. The standard InChI is InChI=1S/C20H38O7S.K.H/c1-5-9-11-16(7-3)14-26-19(21)13-18(28(23,24)25)20(22)27-15-17(8-4)12-10-6-2;;/h16-18H,5-15H2,1-4H3,(H,23,24,25);;/q;+1;-1. The summed E-state index contributed by atoms with van der Waals surface area (Å²) in [6.45, 7) is 8.35. The van der Waals surface area contributed by atoms with Crippen LogP contribution in [0.2, 0.25) is 0 Å². The van der Waals surface area contributed by atoms with Crippen molar-refractivity contribution in [2.24, 2.45) is 11.8 Å². The Hall–Kier alpha value is 0.486. The Morgan fingerprint density at radius 1 is 0.897 bits per heavy atom. The second-order valence-electron chi connectivity index (χ2n) is 7.35. The maximum absolute atomic E-state index is 12.2. The molecule has 0 saturated heterocycles. The molecule has 0 rings (SSSR count). The van der Waals surface area contributed by atoms with Crippen molar-refractivity contribution in [3.8, 4) is 0 Å². The van der Waals surface area contributed by atoms with Crippen LogP contribution in [-0.2, 0) is 29.2 Å². The first kappa shape index (κ1) is 31.7. The summed E-state index contributed by atoms with van der Waals surface area (Å²) in [4.78, 5) is 24.2. The second kappa shape index (κ2) is 18.1. The molecule has 0 aliphatic rings. The molecule has 29 heavy (non-hydrogen) atoms. The van der Waals surface area contributed by atoms with E-state index in [0.717, 1.165) is 51.4 Å². The molecule has 0 aromatic rings. The summed E-state index contributed by atoms with van der Waals surface area (Å²) in [5.74, 6) is -1.61.